The molecule has 0 spiro atoms. The van der Waals surface area contributed by atoms with Gasteiger partial charge in [-0.05, 0) is 17.7 Å². The smallest absolute Gasteiger partial charge is 0.251 e. The Kier molecular flexibility index (Phi) is 5.95. The van der Waals surface area contributed by atoms with Crippen LogP contribution in [0, 0.1) is 0 Å². The summed E-state index contributed by atoms with van der Waals surface area (Å²) in [5.41, 5.74) is 6.98. The molecule has 0 aliphatic heterocycles. The van der Waals surface area contributed by atoms with Crippen molar-refractivity contribution >= 4 is 29.0 Å². The predicted molar refractivity (Wildman–Crippen MR) is 77.9 cm³/mol. The van der Waals surface area contributed by atoms with E-state index in [1.54, 1.807) is 12.1 Å². The van der Waals surface area contributed by atoms with E-state index in [2.05, 4.69) is 10.6 Å². The molecule has 0 heterocycles. The number of nitrogens with one attached hydrogen (secondary N) is 2. The molecule has 0 radical (unpaired) electrons. The number of carbonyl (C=O) groups is 2. The molecule has 5 nitrogen and oxygen atoms in total. The number of carbonyl (C=O) groups excluding carboxylic acids is 2. The van der Waals surface area contributed by atoms with Crippen molar-refractivity contribution < 1.29 is 9.59 Å². The van der Waals surface area contributed by atoms with Crippen LogP contribution >= 0.6 is 12.2 Å². The van der Waals surface area contributed by atoms with E-state index in [-0.39, 0.29) is 11.8 Å². The average Bonchev–Trinajstić information content (AvgIpc) is 2.34. The second-order valence-electron chi connectivity index (χ2n) is 4.08. The Morgan fingerprint density at radius 2 is 1.74 bits per heavy atom. The van der Waals surface area contributed by atoms with Crippen LogP contribution in [0.1, 0.15) is 22.8 Å². The number of amides is 2. The summed E-state index contributed by atoms with van der Waals surface area (Å²) in [5, 5.41) is 5.31. The van der Waals surface area contributed by atoms with Crippen LogP contribution in [0.2, 0.25) is 0 Å². The van der Waals surface area contributed by atoms with Crippen molar-refractivity contribution in [3.8, 4) is 0 Å². The molecule has 0 fully saturated rings. The summed E-state index contributed by atoms with van der Waals surface area (Å²) in [6.07, 6.45) is 0.528. The highest BCUT2D eigenvalue weighted by Gasteiger charge is 2.04. The lowest BCUT2D eigenvalue weighted by molar-refractivity contribution is -0.118. The molecular formula is C13H17N3O2S. The van der Waals surface area contributed by atoms with E-state index in [9.17, 15) is 9.59 Å². The van der Waals surface area contributed by atoms with Crippen LogP contribution in [0.5, 0.6) is 0 Å². The lowest BCUT2D eigenvalue weighted by Crippen LogP contribution is -2.33. The molecule has 0 saturated carbocycles. The molecule has 0 bridgehead atoms. The minimum absolute atomic E-state index is 0.114. The minimum atomic E-state index is -0.174. The first kappa shape index (κ1) is 15.1. The van der Waals surface area contributed by atoms with Crippen molar-refractivity contribution in [2.45, 2.75) is 13.3 Å². The number of hydrogen-bond acceptors (Lipinski definition) is 3. The molecule has 0 aliphatic rings. The lowest BCUT2D eigenvalue weighted by Gasteiger charge is -2.06. The van der Waals surface area contributed by atoms with Gasteiger partial charge in [-0.15, -0.1) is 0 Å². The molecule has 1 rings (SSSR count). The summed E-state index contributed by atoms with van der Waals surface area (Å²) >= 11 is 4.82. The summed E-state index contributed by atoms with van der Waals surface area (Å²) < 4.78 is 0. The van der Waals surface area contributed by atoms with E-state index in [0.29, 0.717) is 30.1 Å². The van der Waals surface area contributed by atoms with Gasteiger partial charge < -0.3 is 16.4 Å². The minimum Gasteiger partial charge on any atom is -0.393 e. The monoisotopic (exact) mass is 279 g/mol. The first-order valence-corrected chi connectivity index (χ1v) is 6.29. The van der Waals surface area contributed by atoms with Crippen LogP contribution in [0.4, 0.5) is 0 Å². The van der Waals surface area contributed by atoms with Gasteiger partial charge in [-0.3, -0.25) is 9.59 Å². The summed E-state index contributed by atoms with van der Waals surface area (Å²) in [6, 6.07) is 7.09. The third-order valence-electron chi connectivity index (χ3n) is 2.38. The number of benzene rings is 1. The Bertz CT molecular complexity index is 471. The summed E-state index contributed by atoms with van der Waals surface area (Å²) in [4.78, 5) is 22.8. The fraction of sp³-hybridized carbons (Fsp3) is 0.308. The van der Waals surface area contributed by atoms with Crippen LogP contribution in [-0.4, -0.2) is 29.9 Å². The Labute approximate surface area is 117 Å². The van der Waals surface area contributed by atoms with Gasteiger partial charge in [-0.25, -0.2) is 0 Å². The zero-order valence-corrected chi connectivity index (χ0v) is 11.5. The van der Waals surface area contributed by atoms with Gasteiger partial charge in [0.1, 0.15) is 0 Å². The zero-order chi connectivity index (χ0) is 14.3. The molecule has 4 N–H and O–H groups in total. The average molecular weight is 279 g/mol. The van der Waals surface area contributed by atoms with Crippen molar-refractivity contribution in [2.75, 3.05) is 13.1 Å². The first-order chi connectivity index (χ1) is 8.99. The molecule has 0 aliphatic carbocycles. The molecule has 6 heteroatoms. The van der Waals surface area contributed by atoms with Crippen molar-refractivity contribution in [2.24, 2.45) is 5.73 Å². The van der Waals surface area contributed by atoms with Crippen molar-refractivity contribution in [1.29, 1.82) is 0 Å². The molecule has 0 aromatic heterocycles. The van der Waals surface area contributed by atoms with Crippen LogP contribution in [0.25, 0.3) is 0 Å². The largest absolute Gasteiger partial charge is 0.393 e. The van der Waals surface area contributed by atoms with E-state index in [0.717, 1.165) is 5.56 Å². The lowest BCUT2D eigenvalue weighted by atomic mass is 10.1. The van der Waals surface area contributed by atoms with E-state index >= 15 is 0 Å². The van der Waals surface area contributed by atoms with Crippen LogP contribution < -0.4 is 16.4 Å². The van der Waals surface area contributed by atoms with Gasteiger partial charge in [0.25, 0.3) is 5.91 Å². The molecular weight excluding hydrogens is 262 g/mol. The third kappa shape index (κ3) is 5.96. The first-order valence-electron chi connectivity index (χ1n) is 5.89. The van der Waals surface area contributed by atoms with Gasteiger partial charge in [0.2, 0.25) is 5.91 Å². The van der Waals surface area contributed by atoms with Gasteiger partial charge in [-0.1, -0.05) is 24.4 Å². The molecule has 19 heavy (non-hydrogen) atoms. The van der Waals surface area contributed by atoms with Gasteiger partial charge in [-0.2, -0.15) is 0 Å². The maximum Gasteiger partial charge on any atom is 0.251 e. The standard InChI is InChI=1S/C13H17N3O2S/c1-9(17)15-6-7-16-13(18)11-4-2-10(3-5-11)8-12(14)19/h2-5H,6-8H2,1H3,(H2,14,19)(H,15,17)(H,16,18). The van der Waals surface area contributed by atoms with E-state index < -0.39 is 0 Å². The number of hydrogen-bond donors (Lipinski definition) is 3. The van der Waals surface area contributed by atoms with Gasteiger partial charge in [0, 0.05) is 32.0 Å². The summed E-state index contributed by atoms with van der Waals surface area (Å²) in [6.45, 7) is 2.25. The van der Waals surface area contributed by atoms with E-state index in [4.69, 9.17) is 18.0 Å². The maximum atomic E-state index is 11.7. The van der Waals surface area contributed by atoms with Gasteiger partial charge in [0.15, 0.2) is 0 Å². The quantitative estimate of drug-likeness (QED) is 0.519. The predicted octanol–water partition coefficient (Wildman–Crippen LogP) is 0.381. The molecule has 0 saturated heterocycles. The second-order valence-corrected chi connectivity index (χ2v) is 4.60. The molecule has 1 aromatic carbocycles. The van der Waals surface area contributed by atoms with Crippen LogP contribution in [0.15, 0.2) is 24.3 Å². The highest BCUT2D eigenvalue weighted by Crippen LogP contribution is 2.05. The second kappa shape index (κ2) is 7.48. The normalized spacial score (nSPS) is 9.74. The van der Waals surface area contributed by atoms with Crippen LogP contribution in [0.3, 0.4) is 0 Å². The van der Waals surface area contributed by atoms with Gasteiger partial charge >= 0.3 is 0 Å². The Morgan fingerprint density at radius 1 is 1.16 bits per heavy atom. The van der Waals surface area contributed by atoms with Crippen molar-refractivity contribution in [3.63, 3.8) is 0 Å². The van der Waals surface area contributed by atoms with Gasteiger partial charge in [0.05, 0.1) is 4.99 Å². The fourth-order valence-corrected chi connectivity index (χ4v) is 1.66. The SMILES string of the molecule is CC(=O)NCCNC(=O)c1ccc(CC(N)=S)cc1. The molecule has 1 aromatic rings. The maximum absolute atomic E-state index is 11.7. The molecule has 102 valence electrons. The highest BCUT2D eigenvalue weighted by molar-refractivity contribution is 7.80. The highest BCUT2D eigenvalue weighted by atomic mass is 32.1. The Morgan fingerprint density at radius 3 is 2.26 bits per heavy atom. The van der Waals surface area contributed by atoms with E-state index in [1.807, 2.05) is 12.1 Å². The topological polar surface area (TPSA) is 84.2 Å². The Balaban J connectivity index is 2.44. The molecule has 2 amide bonds. The van der Waals surface area contributed by atoms with Crippen LogP contribution in [-0.2, 0) is 11.2 Å². The third-order valence-corrected chi connectivity index (χ3v) is 2.52. The summed E-state index contributed by atoms with van der Waals surface area (Å²) in [7, 11) is 0. The van der Waals surface area contributed by atoms with E-state index in [1.165, 1.54) is 6.92 Å². The number of thiocarbonyl (C=S) groups is 1. The number of rotatable bonds is 6. The van der Waals surface area contributed by atoms with Crippen molar-refractivity contribution in [3.05, 3.63) is 35.4 Å². The number of nitrogens with two attached hydrogens (primary N) is 1. The zero-order valence-electron chi connectivity index (χ0n) is 10.7. The molecule has 0 atom stereocenters. The Hall–Kier alpha value is -1.95. The fourth-order valence-electron chi connectivity index (χ4n) is 1.49. The van der Waals surface area contributed by atoms with Crippen molar-refractivity contribution in [1.82, 2.24) is 10.6 Å². The summed E-state index contributed by atoms with van der Waals surface area (Å²) in [5.74, 6) is -0.288. The molecule has 0 unspecified atom stereocenters.